The van der Waals surface area contributed by atoms with Crippen LogP contribution in [0.1, 0.15) is 51.4 Å². The smallest absolute Gasteiger partial charge is 0.191 e. The molecule has 25 heavy (non-hydrogen) atoms. The number of nitrogens with one attached hydrogen (secondary N) is 2. The van der Waals surface area contributed by atoms with Crippen molar-refractivity contribution in [3.8, 4) is 0 Å². The van der Waals surface area contributed by atoms with Crippen LogP contribution in [0.4, 0.5) is 0 Å². The molecular weight excluding hydrogens is 312 g/mol. The molecule has 0 amide bonds. The third-order valence-corrected chi connectivity index (χ3v) is 5.81. The molecule has 2 heterocycles. The summed E-state index contributed by atoms with van der Waals surface area (Å²) in [6, 6.07) is 1.96. The predicted octanol–water partition coefficient (Wildman–Crippen LogP) is 2.24. The van der Waals surface area contributed by atoms with Crippen LogP contribution in [0.5, 0.6) is 0 Å². The van der Waals surface area contributed by atoms with Crippen LogP contribution in [0.3, 0.4) is 0 Å². The summed E-state index contributed by atoms with van der Waals surface area (Å²) in [6.07, 6.45) is 14.7. The van der Waals surface area contributed by atoms with Crippen LogP contribution in [-0.4, -0.2) is 59.4 Å². The largest absolute Gasteiger partial charge is 0.355 e. The quantitative estimate of drug-likeness (QED) is 0.613. The van der Waals surface area contributed by atoms with Gasteiger partial charge >= 0.3 is 0 Å². The van der Waals surface area contributed by atoms with Gasteiger partial charge in [-0.2, -0.15) is 5.10 Å². The number of hydrogen-bond donors (Lipinski definition) is 2. The van der Waals surface area contributed by atoms with Crippen LogP contribution in [0, 0.1) is 0 Å². The van der Waals surface area contributed by atoms with E-state index in [1.54, 1.807) is 0 Å². The van der Waals surface area contributed by atoms with E-state index in [1.807, 2.05) is 30.2 Å². The molecule has 1 saturated carbocycles. The highest BCUT2D eigenvalue weighted by Crippen LogP contribution is 2.35. The highest BCUT2D eigenvalue weighted by atomic mass is 15.3. The van der Waals surface area contributed by atoms with Crippen molar-refractivity contribution in [3.63, 3.8) is 0 Å². The molecule has 2 aliphatic rings. The Balaban J connectivity index is 1.51. The number of piperidine rings is 1. The topological polar surface area (TPSA) is 57.5 Å². The van der Waals surface area contributed by atoms with Crippen molar-refractivity contribution >= 4 is 5.96 Å². The van der Waals surface area contributed by atoms with Gasteiger partial charge in [0.15, 0.2) is 5.96 Å². The Kier molecular flexibility index (Phi) is 6.73. The fourth-order valence-corrected chi connectivity index (χ4v) is 4.37. The van der Waals surface area contributed by atoms with Gasteiger partial charge in [0.1, 0.15) is 0 Å². The zero-order valence-corrected chi connectivity index (χ0v) is 15.7. The minimum Gasteiger partial charge on any atom is -0.355 e. The van der Waals surface area contributed by atoms with Crippen molar-refractivity contribution in [2.24, 2.45) is 4.99 Å². The molecule has 1 aromatic rings. The van der Waals surface area contributed by atoms with Crippen molar-refractivity contribution in [1.29, 1.82) is 0 Å². The van der Waals surface area contributed by atoms with Crippen LogP contribution >= 0.6 is 0 Å². The highest BCUT2D eigenvalue weighted by Gasteiger charge is 2.38. The summed E-state index contributed by atoms with van der Waals surface area (Å²) >= 11 is 0. The third-order valence-electron chi connectivity index (χ3n) is 5.81. The maximum Gasteiger partial charge on any atom is 0.191 e. The van der Waals surface area contributed by atoms with Crippen molar-refractivity contribution in [1.82, 2.24) is 25.3 Å². The Bertz CT molecular complexity index is 512. The summed E-state index contributed by atoms with van der Waals surface area (Å²) in [7, 11) is 1.86. The van der Waals surface area contributed by atoms with Gasteiger partial charge in [0.05, 0.1) is 6.54 Å². The predicted molar refractivity (Wildman–Crippen MR) is 103 cm³/mol. The van der Waals surface area contributed by atoms with Crippen molar-refractivity contribution in [2.45, 2.75) is 63.5 Å². The van der Waals surface area contributed by atoms with E-state index in [0.717, 1.165) is 25.6 Å². The number of rotatable bonds is 6. The second-order valence-corrected chi connectivity index (χ2v) is 7.45. The highest BCUT2D eigenvalue weighted by molar-refractivity contribution is 5.79. The second-order valence-electron chi connectivity index (χ2n) is 7.45. The van der Waals surface area contributed by atoms with Gasteiger partial charge in [-0.25, -0.2) is 0 Å². The monoisotopic (exact) mass is 346 g/mol. The first-order valence-corrected chi connectivity index (χ1v) is 9.99. The molecule has 1 aromatic heterocycles. The van der Waals surface area contributed by atoms with E-state index in [9.17, 15) is 0 Å². The fraction of sp³-hybridized carbons (Fsp3) is 0.789. The van der Waals surface area contributed by atoms with Gasteiger partial charge in [0.25, 0.3) is 0 Å². The fourth-order valence-electron chi connectivity index (χ4n) is 4.37. The number of nitrogens with zero attached hydrogens (tertiary/aromatic N) is 4. The van der Waals surface area contributed by atoms with E-state index in [-0.39, 0.29) is 0 Å². The van der Waals surface area contributed by atoms with Gasteiger partial charge in [0, 0.05) is 38.1 Å². The maximum absolute atomic E-state index is 4.41. The van der Waals surface area contributed by atoms with E-state index in [1.165, 1.54) is 64.5 Å². The normalized spacial score (nSPS) is 21.9. The van der Waals surface area contributed by atoms with Gasteiger partial charge in [-0.3, -0.25) is 14.6 Å². The second kappa shape index (κ2) is 9.22. The Labute approximate surface area is 152 Å². The first-order chi connectivity index (χ1) is 12.3. The lowest BCUT2D eigenvalue weighted by Gasteiger charge is -2.48. The van der Waals surface area contributed by atoms with E-state index in [4.69, 9.17) is 0 Å². The molecule has 2 N–H and O–H groups in total. The molecule has 3 rings (SSSR count). The van der Waals surface area contributed by atoms with Crippen LogP contribution in [0.15, 0.2) is 23.5 Å². The molecule has 0 radical (unpaired) electrons. The maximum atomic E-state index is 4.41. The Hall–Kier alpha value is -1.56. The molecule has 140 valence electrons. The number of hydrogen-bond acceptors (Lipinski definition) is 3. The lowest BCUT2D eigenvalue weighted by Crippen LogP contribution is -2.59. The summed E-state index contributed by atoms with van der Waals surface area (Å²) in [6.45, 7) is 5.23. The Morgan fingerprint density at radius 3 is 2.52 bits per heavy atom. The molecule has 1 aliphatic heterocycles. The number of likely N-dealkylation sites (tertiary alicyclic amines) is 1. The Morgan fingerprint density at radius 2 is 1.84 bits per heavy atom. The molecule has 0 bridgehead atoms. The van der Waals surface area contributed by atoms with Crippen molar-refractivity contribution < 1.29 is 0 Å². The summed E-state index contributed by atoms with van der Waals surface area (Å²) < 4.78 is 1.94. The average Bonchev–Trinajstić information content (AvgIpc) is 3.19. The third kappa shape index (κ3) is 4.97. The lowest BCUT2D eigenvalue weighted by molar-refractivity contribution is 0.0368. The van der Waals surface area contributed by atoms with Crippen molar-refractivity contribution in [3.05, 3.63) is 18.5 Å². The first-order valence-electron chi connectivity index (χ1n) is 9.99. The van der Waals surface area contributed by atoms with E-state index in [0.29, 0.717) is 5.54 Å². The molecular formula is C19H34N6. The standard InChI is InChI=1S/C19H34N6/c1-20-18(21-12-16-25-15-8-11-23-25)22-17-19(9-4-2-5-10-19)24-13-6-3-7-14-24/h8,11,15H,2-7,9-10,12-14,16-17H2,1H3,(H2,20,21,22). The van der Waals surface area contributed by atoms with Gasteiger partial charge in [0.2, 0.25) is 0 Å². The molecule has 1 saturated heterocycles. The van der Waals surface area contributed by atoms with Crippen LogP contribution in [0.2, 0.25) is 0 Å². The summed E-state index contributed by atoms with van der Waals surface area (Å²) in [5.74, 6) is 0.911. The average molecular weight is 347 g/mol. The molecule has 2 fully saturated rings. The molecule has 0 atom stereocenters. The Morgan fingerprint density at radius 1 is 1.08 bits per heavy atom. The number of aromatic nitrogens is 2. The minimum atomic E-state index is 0.332. The summed E-state index contributed by atoms with van der Waals surface area (Å²) in [5.41, 5.74) is 0.332. The first kappa shape index (κ1) is 18.2. The molecule has 0 aromatic carbocycles. The molecule has 6 nitrogen and oxygen atoms in total. The van der Waals surface area contributed by atoms with Crippen LogP contribution < -0.4 is 10.6 Å². The molecule has 6 heteroatoms. The van der Waals surface area contributed by atoms with E-state index in [2.05, 4.69) is 25.6 Å². The molecule has 0 spiro atoms. The van der Waals surface area contributed by atoms with Gasteiger partial charge in [-0.05, 0) is 44.8 Å². The lowest BCUT2D eigenvalue weighted by atomic mass is 9.79. The zero-order valence-electron chi connectivity index (χ0n) is 15.7. The van der Waals surface area contributed by atoms with Gasteiger partial charge < -0.3 is 10.6 Å². The van der Waals surface area contributed by atoms with E-state index < -0.39 is 0 Å². The van der Waals surface area contributed by atoms with E-state index >= 15 is 0 Å². The van der Waals surface area contributed by atoms with Crippen molar-refractivity contribution in [2.75, 3.05) is 33.2 Å². The SMILES string of the molecule is CN=C(NCCn1cccn1)NCC1(N2CCCCC2)CCCCC1. The molecule has 0 unspecified atom stereocenters. The van der Waals surface area contributed by atoms with Crippen LogP contribution in [0.25, 0.3) is 0 Å². The number of guanidine groups is 1. The summed E-state index contributed by atoms with van der Waals surface area (Å²) in [5, 5.41) is 11.3. The van der Waals surface area contributed by atoms with Crippen LogP contribution in [-0.2, 0) is 6.54 Å². The number of aliphatic imine (C=N–C) groups is 1. The minimum absolute atomic E-state index is 0.332. The zero-order chi connectivity index (χ0) is 17.4. The molecule has 1 aliphatic carbocycles. The van der Waals surface area contributed by atoms with Gasteiger partial charge in [-0.1, -0.05) is 25.7 Å². The van der Waals surface area contributed by atoms with Gasteiger partial charge in [-0.15, -0.1) is 0 Å². The summed E-state index contributed by atoms with van der Waals surface area (Å²) in [4.78, 5) is 7.19.